The molecular formula is C23H30N2O4S. The Morgan fingerprint density at radius 2 is 1.83 bits per heavy atom. The van der Waals surface area contributed by atoms with Gasteiger partial charge in [0.1, 0.15) is 5.75 Å². The van der Waals surface area contributed by atoms with E-state index in [1.807, 2.05) is 19.1 Å². The highest BCUT2D eigenvalue weighted by molar-refractivity contribution is 7.89. The normalized spacial score (nSPS) is 15.2. The number of carbonyl (C=O) groups is 1. The lowest BCUT2D eigenvalue weighted by atomic mass is 9.96. The van der Waals surface area contributed by atoms with E-state index in [0.717, 1.165) is 38.5 Å². The Bertz CT molecular complexity index is 969. The fourth-order valence-corrected chi connectivity index (χ4v) is 5.17. The van der Waals surface area contributed by atoms with Crippen LogP contribution in [-0.4, -0.2) is 38.3 Å². The number of nitrogens with zero attached hydrogens (tertiary/aromatic N) is 1. The molecule has 0 aliphatic heterocycles. The van der Waals surface area contributed by atoms with Crippen LogP contribution >= 0.6 is 0 Å². The van der Waals surface area contributed by atoms with Crippen LogP contribution < -0.4 is 10.1 Å². The van der Waals surface area contributed by atoms with Crippen molar-refractivity contribution in [2.45, 2.75) is 56.4 Å². The molecule has 0 bridgehead atoms. The van der Waals surface area contributed by atoms with Gasteiger partial charge in [0, 0.05) is 18.7 Å². The van der Waals surface area contributed by atoms with Crippen molar-refractivity contribution < 1.29 is 17.9 Å². The first-order valence-electron chi connectivity index (χ1n) is 10.5. The van der Waals surface area contributed by atoms with Gasteiger partial charge in [-0.25, -0.2) is 8.42 Å². The second kappa shape index (κ2) is 10.1. The van der Waals surface area contributed by atoms with Crippen LogP contribution in [0.5, 0.6) is 5.75 Å². The van der Waals surface area contributed by atoms with Gasteiger partial charge in [0.15, 0.2) is 0 Å². The maximum atomic E-state index is 13.1. The lowest BCUT2D eigenvalue weighted by molar-refractivity contribution is 0.102. The van der Waals surface area contributed by atoms with Gasteiger partial charge in [-0.1, -0.05) is 44.4 Å². The summed E-state index contributed by atoms with van der Waals surface area (Å²) in [5.74, 6) is 0.216. The first kappa shape index (κ1) is 22.3. The van der Waals surface area contributed by atoms with Crippen LogP contribution in [0.15, 0.2) is 53.4 Å². The van der Waals surface area contributed by atoms with Gasteiger partial charge >= 0.3 is 0 Å². The fraction of sp³-hybridized carbons (Fsp3) is 0.435. The van der Waals surface area contributed by atoms with Crippen LogP contribution in [0.25, 0.3) is 0 Å². The largest absolute Gasteiger partial charge is 0.491 e. The Morgan fingerprint density at radius 3 is 2.57 bits per heavy atom. The zero-order valence-corrected chi connectivity index (χ0v) is 18.5. The van der Waals surface area contributed by atoms with E-state index in [4.69, 9.17) is 4.74 Å². The molecule has 0 atom stereocenters. The van der Waals surface area contributed by atoms with Gasteiger partial charge in [-0.15, -0.1) is 0 Å². The van der Waals surface area contributed by atoms with Crippen LogP contribution in [0.3, 0.4) is 0 Å². The summed E-state index contributed by atoms with van der Waals surface area (Å²) >= 11 is 0. The molecule has 0 saturated heterocycles. The molecule has 6 nitrogen and oxygen atoms in total. The molecular weight excluding hydrogens is 400 g/mol. The number of benzene rings is 2. The number of para-hydroxylation sites is 2. The van der Waals surface area contributed by atoms with E-state index >= 15 is 0 Å². The molecule has 1 fully saturated rings. The third kappa shape index (κ3) is 5.21. The molecule has 0 spiro atoms. The SMILES string of the molecule is CCCOc1ccccc1NC(=O)c1cccc(S(=O)(=O)N(C)C2CCCCC2)c1. The van der Waals surface area contributed by atoms with Gasteiger partial charge < -0.3 is 10.1 Å². The van der Waals surface area contributed by atoms with Gasteiger partial charge in [-0.05, 0) is 49.6 Å². The molecule has 7 heteroatoms. The van der Waals surface area contributed by atoms with Crippen LogP contribution in [0, 0.1) is 0 Å². The topological polar surface area (TPSA) is 75.7 Å². The summed E-state index contributed by atoms with van der Waals surface area (Å²) in [4.78, 5) is 13.0. The lowest BCUT2D eigenvalue weighted by Crippen LogP contribution is -2.38. The molecule has 1 saturated carbocycles. The smallest absolute Gasteiger partial charge is 0.255 e. The van der Waals surface area contributed by atoms with Crippen LogP contribution in [0.1, 0.15) is 55.8 Å². The third-order valence-corrected chi connectivity index (χ3v) is 7.37. The van der Waals surface area contributed by atoms with E-state index in [9.17, 15) is 13.2 Å². The maximum absolute atomic E-state index is 13.1. The van der Waals surface area contributed by atoms with Crippen molar-refractivity contribution in [1.29, 1.82) is 0 Å². The number of nitrogens with one attached hydrogen (secondary N) is 1. The standard InChI is InChI=1S/C23H30N2O4S/c1-3-16-29-22-15-8-7-14-21(22)24-23(26)18-10-9-13-20(17-18)30(27,28)25(2)19-11-5-4-6-12-19/h7-10,13-15,17,19H,3-6,11-12,16H2,1-2H3,(H,24,26). The molecule has 0 aromatic heterocycles. The van der Waals surface area contributed by atoms with Crippen molar-refractivity contribution in [1.82, 2.24) is 4.31 Å². The van der Waals surface area contributed by atoms with Gasteiger partial charge in [-0.3, -0.25) is 4.79 Å². The van der Waals surface area contributed by atoms with E-state index in [2.05, 4.69) is 5.32 Å². The zero-order valence-electron chi connectivity index (χ0n) is 17.6. The van der Waals surface area contributed by atoms with E-state index in [-0.39, 0.29) is 16.8 Å². The zero-order chi connectivity index (χ0) is 21.6. The Hall–Kier alpha value is -2.38. The molecule has 3 rings (SSSR count). The van der Waals surface area contributed by atoms with Crippen molar-refractivity contribution in [3.05, 3.63) is 54.1 Å². The van der Waals surface area contributed by atoms with E-state index < -0.39 is 10.0 Å². The Balaban J connectivity index is 1.79. The molecule has 1 aliphatic carbocycles. The average Bonchev–Trinajstić information content (AvgIpc) is 2.78. The van der Waals surface area contributed by atoms with Crippen molar-refractivity contribution in [3.63, 3.8) is 0 Å². The summed E-state index contributed by atoms with van der Waals surface area (Å²) in [5.41, 5.74) is 0.849. The number of rotatable bonds is 8. The summed E-state index contributed by atoms with van der Waals surface area (Å²) in [6, 6.07) is 13.4. The lowest BCUT2D eigenvalue weighted by Gasteiger charge is -2.30. The number of anilines is 1. The number of amides is 1. The third-order valence-electron chi connectivity index (χ3n) is 5.46. The first-order valence-corrected chi connectivity index (χ1v) is 12.0. The monoisotopic (exact) mass is 430 g/mol. The Labute approximate surface area is 179 Å². The molecule has 0 radical (unpaired) electrons. The highest BCUT2D eigenvalue weighted by atomic mass is 32.2. The second-order valence-electron chi connectivity index (χ2n) is 7.64. The van der Waals surface area contributed by atoms with Crippen LogP contribution in [0.4, 0.5) is 5.69 Å². The fourth-order valence-electron chi connectivity index (χ4n) is 3.71. The number of hydrogen-bond acceptors (Lipinski definition) is 4. The minimum absolute atomic E-state index is 0.0174. The predicted octanol–water partition coefficient (Wildman–Crippen LogP) is 4.68. The molecule has 0 unspecified atom stereocenters. The quantitative estimate of drug-likeness (QED) is 0.660. The van der Waals surface area contributed by atoms with Gasteiger partial charge in [0.2, 0.25) is 10.0 Å². The highest BCUT2D eigenvalue weighted by Gasteiger charge is 2.29. The molecule has 1 aliphatic rings. The van der Waals surface area contributed by atoms with E-state index in [1.54, 1.807) is 37.4 Å². The summed E-state index contributed by atoms with van der Waals surface area (Å²) in [5, 5.41) is 2.83. The molecule has 1 amide bonds. The van der Waals surface area contributed by atoms with Gasteiger partial charge in [0.05, 0.1) is 17.2 Å². The number of sulfonamides is 1. The number of ether oxygens (including phenoxy) is 1. The summed E-state index contributed by atoms with van der Waals surface area (Å²) in [7, 11) is -2.02. The summed E-state index contributed by atoms with van der Waals surface area (Å²) in [6.45, 7) is 2.56. The van der Waals surface area contributed by atoms with Gasteiger partial charge in [0.25, 0.3) is 5.91 Å². The van der Waals surface area contributed by atoms with Gasteiger partial charge in [-0.2, -0.15) is 4.31 Å². The first-order chi connectivity index (χ1) is 14.4. The van der Waals surface area contributed by atoms with Crippen molar-refractivity contribution in [3.8, 4) is 5.75 Å². The molecule has 30 heavy (non-hydrogen) atoms. The second-order valence-corrected chi connectivity index (χ2v) is 9.64. The highest BCUT2D eigenvalue weighted by Crippen LogP contribution is 2.28. The molecule has 1 N–H and O–H groups in total. The van der Waals surface area contributed by atoms with Crippen molar-refractivity contribution >= 4 is 21.6 Å². The number of carbonyl (C=O) groups excluding carboxylic acids is 1. The molecule has 162 valence electrons. The van der Waals surface area contributed by atoms with E-state index in [0.29, 0.717) is 23.6 Å². The minimum Gasteiger partial charge on any atom is -0.491 e. The van der Waals surface area contributed by atoms with Crippen molar-refractivity contribution in [2.24, 2.45) is 0 Å². The maximum Gasteiger partial charge on any atom is 0.255 e. The molecule has 2 aromatic carbocycles. The van der Waals surface area contributed by atoms with E-state index in [1.165, 1.54) is 10.4 Å². The van der Waals surface area contributed by atoms with Crippen molar-refractivity contribution in [2.75, 3.05) is 19.0 Å². The molecule has 2 aromatic rings. The minimum atomic E-state index is -3.66. The molecule has 0 heterocycles. The number of hydrogen-bond donors (Lipinski definition) is 1. The Kier molecular flexibility index (Phi) is 7.50. The summed E-state index contributed by atoms with van der Waals surface area (Å²) < 4.78 is 33.4. The predicted molar refractivity (Wildman–Crippen MR) is 118 cm³/mol. The van der Waals surface area contributed by atoms with Crippen LogP contribution in [-0.2, 0) is 10.0 Å². The average molecular weight is 431 g/mol. The Morgan fingerprint density at radius 1 is 1.10 bits per heavy atom. The van der Waals surface area contributed by atoms with Crippen LogP contribution in [0.2, 0.25) is 0 Å². The summed E-state index contributed by atoms with van der Waals surface area (Å²) in [6.07, 6.45) is 5.87.